The van der Waals surface area contributed by atoms with Gasteiger partial charge >= 0.3 is 0 Å². The molecule has 0 atom stereocenters. The maximum Gasteiger partial charge on any atom is 0.262 e. The number of hydrogen-bond acceptors (Lipinski definition) is 4. The lowest BCUT2D eigenvalue weighted by atomic mass is 10.1. The van der Waals surface area contributed by atoms with Crippen molar-refractivity contribution in [1.82, 2.24) is 14.4 Å². The molecule has 34 heavy (non-hydrogen) atoms. The van der Waals surface area contributed by atoms with E-state index in [1.54, 1.807) is 23.1 Å². The van der Waals surface area contributed by atoms with E-state index in [2.05, 4.69) is 0 Å². The van der Waals surface area contributed by atoms with Crippen LogP contribution < -0.4 is 9.47 Å². The van der Waals surface area contributed by atoms with E-state index in [1.165, 1.54) is 14.2 Å². The third-order valence-corrected chi connectivity index (χ3v) is 6.17. The average Bonchev–Trinajstić information content (AvgIpc) is 3.63. The Morgan fingerprint density at radius 3 is 2.15 bits per heavy atom. The lowest BCUT2D eigenvalue weighted by molar-refractivity contribution is -0.133. The zero-order valence-corrected chi connectivity index (χ0v) is 19.9. The van der Waals surface area contributed by atoms with Crippen LogP contribution >= 0.6 is 0 Å². The van der Waals surface area contributed by atoms with Crippen LogP contribution in [0.1, 0.15) is 34.5 Å². The highest BCUT2D eigenvalue weighted by molar-refractivity contribution is 6.01. The maximum absolute atomic E-state index is 13.7. The molecule has 1 aliphatic carbocycles. The van der Waals surface area contributed by atoms with Crippen molar-refractivity contribution in [2.45, 2.75) is 32.0 Å². The number of benzene rings is 2. The summed E-state index contributed by atoms with van der Waals surface area (Å²) in [5.74, 6) is 0.530. The molecule has 1 heterocycles. The van der Waals surface area contributed by atoms with E-state index in [0.717, 1.165) is 24.1 Å². The molecule has 7 heteroatoms. The van der Waals surface area contributed by atoms with Crippen LogP contribution in [0, 0.1) is 0 Å². The largest absolute Gasteiger partial charge is 0.496 e. The van der Waals surface area contributed by atoms with Gasteiger partial charge in [0.2, 0.25) is 5.91 Å². The predicted octanol–water partition coefficient (Wildman–Crippen LogP) is 3.88. The summed E-state index contributed by atoms with van der Waals surface area (Å²) in [5, 5.41) is 0. The van der Waals surface area contributed by atoms with E-state index in [1.807, 2.05) is 65.2 Å². The monoisotopic (exact) mass is 461 g/mol. The molecule has 3 aromatic rings. The number of aromatic nitrogens is 1. The predicted molar refractivity (Wildman–Crippen MR) is 130 cm³/mol. The molecule has 1 saturated carbocycles. The Bertz CT molecular complexity index is 1120. The molecule has 1 aromatic heterocycles. The van der Waals surface area contributed by atoms with Gasteiger partial charge in [-0.3, -0.25) is 9.59 Å². The van der Waals surface area contributed by atoms with Gasteiger partial charge in [-0.2, -0.15) is 0 Å². The Hall–Kier alpha value is -3.74. The van der Waals surface area contributed by atoms with Gasteiger partial charge < -0.3 is 23.8 Å². The van der Waals surface area contributed by atoms with Gasteiger partial charge in [-0.25, -0.2) is 0 Å². The van der Waals surface area contributed by atoms with Gasteiger partial charge in [-0.1, -0.05) is 36.4 Å². The zero-order chi connectivity index (χ0) is 24.1. The number of carbonyl (C=O) groups is 2. The molecule has 1 aliphatic rings. The minimum atomic E-state index is -0.247. The number of ether oxygens (including phenoxy) is 2. The molecule has 0 saturated heterocycles. The van der Waals surface area contributed by atoms with Crippen LogP contribution in [0.4, 0.5) is 0 Å². The summed E-state index contributed by atoms with van der Waals surface area (Å²) in [6.07, 6.45) is 3.73. The van der Waals surface area contributed by atoms with Crippen molar-refractivity contribution < 1.29 is 19.1 Å². The van der Waals surface area contributed by atoms with Crippen LogP contribution in [0.15, 0.2) is 66.9 Å². The van der Waals surface area contributed by atoms with E-state index in [4.69, 9.17) is 9.47 Å². The number of carbonyl (C=O) groups excluding carboxylic acids is 2. The molecule has 0 bridgehead atoms. The normalized spacial score (nSPS) is 12.8. The Morgan fingerprint density at radius 2 is 1.59 bits per heavy atom. The third-order valence-electron chi connectivity index (χ3n) is 6.17. The van der Waals surface area contributed by atoms with E-state index in [-0.39, 0.29) is 24.4 Å². The third kappa shape index (κ3) is 5.25. The molecule has 0 unspecified atom stereocenters. The van der Waals surface area contributed by atoms with Crippen LogP contribution in [0.2, 0.25) is 0 Å². The van der Waals surface area contributed by atoms with Crippen molar-refractivity contribution in [2.75, 3.05) is 20.8 Å². The van der Waals surface area contributed by atoms with Crippen molar-refractivity contribution >= 4 is 11.8 Å². The molecule has 7 nitrogen and oxygen atoms in total. The molecule has 2 aromatic carbocycles. The number of rotatable bonds is 10. The number of aryl methyl sites for hydroxylation is 1. The Kier molecular flexibility index (Phi) is 7.21. The van der Waals surface area contributed by atoms with Gasteiger partial charge in [0, 0.05) is 31.5 Å². The Balaban J connectivity index is 1.60. The highest BCUT2D eigenvalue weighted by Crippen LogP contribution is 2.34. The molecule has 0 spiro atoms. The minimum Gasteiger partial charge on any atom is -0.496 e. The van der Waals surface area contributed by atoms with Gasteiger partial charge in [0.15, 0.2) is 0 Å². The SMILES string of the molecule is COc1cccc(OC)c1C(=O)N(CC(=O)N(Cc1ccccc1)Cc1cccn1C)C1CC1. The molecular formula is C27H31N3O4. The zero-order valence-electron chi connectivity index (χ0n) is 19.9. The van der Waals surface area contributed by atoms with Crippen LogP contribution in [0.25, 0.3) is 0 Å². The molecular weight excluding hydrogens is 430 g/mol. The van der Waals surface area contributed by atoms with Gasteiger partial charge in [0.05, 0.1) is 20.8 Å². The lowest BCUT2D eigenvalue weighted by Crippen LogP contribution is -2.43. The summed E-state index contributed by atoms with van der Waals surface area (Å²) in [6, 6.07) is 19.2. The molecule has 1 fully saturated rings. The van der Waals surface area contributed by atoms with Crippen molar-refractivity contribution in [3.8, 4) is 11.5 Å². The van der Waals surface area contributed by atoms with E-state index in [0.29, 0.717) is 30.2 Å². The van der Waals surface area contributed by atoms with Gasteiger partial charge in [0.1, 0.15) is 23.6 Å². The maximum atomic E-state index is 13.7. The summed E-state index contributed by atoms with van der Waals surface area (Å²) in [4.78, 5) is 30.8. The molecule has 4 rings (SSSR count). The van der Waals surface area contributed by atoms with E-state index in [9.17, 15) is 9.59 Å². The van der Waals surface area contributed by atoms with Crippen LogP contribution in [0.3, 0.4) is 0 Å². The van der Waals surface area contributed by atoms with Crippen LogP contribution in [-0.4, -0.2) is 53.0 Å². The molecule has 178 valence electrons. The van der Waals surface area contributed by atoms with Crippen LogP contribution in [-0.2, 0) is 24.9 Å². The van der Waals surface area contributed by atoms with E-state index < -0.39 is 0 Å². The number of methoxy groups -OCH3 is 2. The standard InChI is InChI=1S/C27H31N3O4/c1-28-16-8-11-22(28)18-29(17-20-9-5-4-6-10-20)25(31)19-30(21-14-15-21)27(32)26-23(33-2)12-7-13-24(26)34-3/h4-13,16,21H,14-15,17-19H2,1-3H3. The fourth-order valence-corrected chi connectivity index (χ4v) is 4.10. The highest BCUT2D eigenvalue weighted by Gasteiger charge is 2.37. The minimum absolute atomic E-state index is 0.00194. The first-order valence-corrected chi connectivity index (χ1v) is 11.5. The average molecular weight is 462 g/mol. The first-order valence-electron chi connectivity index (χ1n) is 11.5. The summed E-state index contributed by atoms with van der Waals surface area (Å²) in [7, 11) is 5.02. The van der Waals surface area contributed by atoms with Gasteiger partial charge in [-0.05, 0) is 42.7 Å². The first kappa shape index (κ1) is 23.4. The first-order chi connectivity index (χ1) is 16.5. The quantitative estimate of drug-likeness (QED) is 0.460. The summed E-state index contributed by atoms with van der Waals surface area (Å²) >= 11 is 0. The Labute approximate surface area is 200 Å². The van der Waals surface area contributed by atoms with Crippen molar-refractivity contribution in [3.63, 3.8) is 0 Å². The fourth-order valence-electron chi connectivity index (χ4n) is 4.10. The van der Waals surface area contributed by atoms with Crippen molar-refractivity contribution in [3.05, 3.63) is 83.7 Å². The smallest absolute Gasteiger partial charge is 0.262 e. The molecule has 0 radical (unpaired) electrons. The second-order valence-electron chi connectivity index (χ2n) is 8.55. The van der Waals surface area contributed by atoms with Crippen molar-refractivity contribution in [2.24, 2.45) is 7.05 Å². The number of amides is 2. The second kappa shape index (κ2) is 10.5. The van der Waals surface area contributed by atoms with Crippen LogP contribution in [0.5, 0.6) is 11.5 Å². The fraction of sp³-hybridized carbons (Fsp3) is 0.333. The summed E-state index contributed by atoms with van der Waals surface area (Å²) in [5.41, 5.74) is 2.42. The second-order valence-corrected chi connectivity index (χ2v) is 8.55. The number of nitrogens with zero attached hydrogens (tertiary/aromatic N) is 3. The molecule has 0 aliphatic heterocycles. The lowest BCUT2D eigenvalue weighted by Gasteiger charge is -2.29. The van der Waals surface area contributed by atoms with E-state index >= 15 is 0 Å². The number of hydrogen-bond donors (Lipinski definition) is 0. The van der Waals surface area contributed by atoms with Gasteiger partial charge in [0.25, 0.3) is 5.91 Å². The Morgan fingerprint density at radius 1 is 0.912 bits per heavy atom. The summed E-state index contributed by atoms with van der Waals surface area (Å²) in [6.45, 7) is 0.930. The molecule has 2 amide bonds. The van der Waals surface area contributed by atoms with Crippen molar-refractivity contribution in [1.29, 1.82) is 0 Å². The highest BCUT2D eigenvalue weighted by atomic mass is 16.5. The van der Waals surface area contributed by atoms with Gasteiger partial charge in [-0.15, -0.1) is 0 Å². The topological polar surface area (TPSA) is 64.0 Å². The molecule has 0 N–H and O–H groups in total. The summed E-state index contributed by atoms with van der Waals surface area (Å²) < 4.78 is 12.9.